The Morgan fingerprint density at radius 1 is 1.18 bits per heavy atom. The minimum atomic E-state index is -0.596. The zero-order chi connectivity index (χ0) is 22.9. The summed E-state index contributed by atoms with van der Waals surface area (Å²) in [7, 11) is 1.65. The lowest BCUT2D eigenvalue weighted by Crippen LogP contribution is -2.55. The highest BCUT2D eigenvalue weighted by Gasteiger charge is 2.42. The minimum absolute atomic E-state index is 0. The highest BCUT2D eigenvalue weighted by molar-refractivity contribution is 5.86. The molecule has 6 rings (SSSR count). The van der Waals surface area contributed by atoms with Crippen LogP contribution in [0.1, 0.15) is 49.1 Å². The molecule has 3 aromatic rings. The van der Waals surface area contributed by atoms with E-state index in [9.17, 15) is 9.50 Å². The molecule has 0 aliphatic carbocycles. The van der Waals surface area contributed by atoms with Gasteiger partial charge >= 0.3 is 0 Å². The number of piperidine rings is 3. The standard InChI is InChI=1S/C28H31FN2O2.ClH/c1-3-19-17-31-13-12-20(19)14-27(31)28(32)25-15-22(9-6-18-4-7-21(29)8-5-18)30-26-11-10-23(33-2)16-24(25)26;/h4-11,15-16,19-20,27-28,32H,3,12-14,17H2,1-2H3;1H/b9-6+;/t19-,20-,27-,28+;/m0./s1. The molecule has 1 N–H and O–H groups in total. The largest absolute Gasteiger partial charge is 0.497 e. The fraction of sp³-hybridized carbons (Fsp3) is 0.393. The molecule has 3 aliphatic heterocycles. The predicted molar refractivity (Wildman–Crippen MR) is 138 cm³/mol. The van der Waals surface area contributed by atoms with Gasteiger partial charge < -0.3 is 9.84 Å². The van der Waals surface area contributed by atoms with E-state index in [4.69, 9.17) is 9.72 Å². The number of hydrogen-bond donors (Lipinski definition) is 1. The van der Waals surface area contributed by atoms with Crippen molar-refractivity contribution in [2.24, 2.45) is 11.8 Å². The fourth-order valence-corrected chi connectivity index (χ4v) is 5.64. The SMILES string of the molecule is CC[C@H]1CN2CC[C@H]1C[C@H]2[C@H](O)c1cc(/C=C/c2ccc(F)cc2)nc2ccc(OC)cc12.Cl. The van der Waals surface area contributed by atoms with Crippen molar-refractivity contribution in [3.05, 3.63) is 71.2 Å². The predicted octanol–water partition coefficient (Wildman–Crippen LogP) is 6.13. The van der Waals surface area contributed by atoms with Gasteiger partial charge in [-0.15, -0.1) is 12.4 Å². The van der Waals surface area contributed by atoms with E-state index in [1.54, 1.807) is 19.2 Å². The van der Waals surface area contributed by atoms with Gasteiger partial charge in [-0.2, -0.15) is 0 Å². The molecular formula is C28H32ClFN2O2. The Balaban J connectivity index is 0.00000274. The quantitative estimate of drug-likeness (QED) is 0.459. The molecule has 1 aromatic heterocycles. The average molecular weight is 483 g/mol. The van der Waals surface area contributed by atoms with Crippen molar-refractivity contribution in [3.8, 4) is 5.75 Å². The number of hydrogen-bond acceptors (Lipinski definition) is 4. The van der Waals surface area contributed by atoms with Crippen LogP contribution in [0.5, 0.6) is 5.75 Å². The number of rotatable bonds is 6. The molecule has 180 valence electrons. The lowest BCUT2D eigenvalue weighted by molar-refractivity contribution is -0.0562. The van der Waals surface area contributed by atoms with Crippen molar-refractivity contribution >= 4 is 35.5 Å². The lowest BCUT2D eigenvalue weighted by Gasteiger charge is -2.51. The van der Waals surface area contributed by atoms with Crippen LogP contribution in [0.15, 0.2) is 48.5 Å². The van der Waals surface area contributed by atoms with Gasteiger partial charge in [-0.05, 0) is 84.8 Å². The molecule has 0 saturated carbocycles. The van der Waals surface area contributed by atoms with E-state index in [1.165, 1.54) is 25.0 Å². The average Bonchev–Trinajstić information content (AvgIpc) is 2.87. The van der Waals surface area contributed by atoms with Crippen LogP contribution in [0, 0.1) is 17.7 Å². The first kappa shape index (κ1) is 24.6. The van der Waals surface area contributed by atoms with Gasteiger partial charge in [-0.25, -0.2) is 9.37 Å². The number of fused-ring (bicyclic) bond motifs is 4. The van der Waals surface area contributed by atoms with E-state index < -0.39 is 6.10 Å². The van der Waals surface area contributed by atoms with E-state index in [2.05, 4.69) is 11.8 Å². The molecule has 0 amide bonds. The van der Waals surface area contributed by atoms with Crippen molar-refractivity contribution < 1.29 is 14.2 Å². The third-order valence-electron chi connectivity index (χ3n) is 7.53. The summed E-state index contributed by atoms with van der Waals surface area (Å²) >= 11 is 0. The number of aromatic nitrogens is 1. The van der Waals surface area contributed by atoms with E-state index >= 15 is 0 Å². The maximum absolute atomic E-state index is 13.2. The van der Waals surface area contributed by atoms with Crippen molar-refractivity contribution in [1.82, 2.24) is 9.88 Å². The zero-order valence-electron chi connectivity index (χ0n) is 19.7. The molecule has 6 heteroatoms. The van der Waals surface area contributed by atoms with Crippen LogP contribution >= 0.6 is 12.4 Å². The number of methoxy groups -OCH3 is 1. The van der Waals surface area contributed by atoms with Crippen LogP contribution in [-0.2, 0) is 0 Å². The molecule has 0 spiro atoms. The summed E-state index contributed by atoms with van der Waals surface area (Å²) in [6.45, 7) is 4.42. The van der Waals surface area contributed by atoms with Gasteiger partial charge in [0.2, 0.25) is 0 Å². The zero-order valence-corrected chi connectivity index (χ0v) is 20.5. The number of pyridine rings is 1. The molecule has 2 bridgehead atoms. The summed E-state index contributed by atoms with van der Waals surface area (Å²) in [6.07, 6.45) is 6.73. The van der Waals surface area contributed by atoms with Crippen LogP contribution in [-0.4, -0.2) is 41.2 Å². The maximum Gasteiger partial charge on any atom is 0.123 e. The molecular weight excluding hydrogens is 451 g/mol. The lowest BCUT2D eigenvalue weighted by atomic mass is 9.72. The molecule has 3 saturated heterocycles. The van der Waals surface area contributed by atoms with E-state index in [1.807, 2.05) is 36.4 Å². The highest BCUT2D eigenvalue weighted by atomic mass is 35.5. The molecule has 4 heterocycles. The molecule has 4 nitrogen and oxygen atoms in total. The van der Waals surface area contributed by atoms with Gasteiger partial charge in [0.1, 0.15) is 11.6 Å². The summed E-state index contributed by atoms with van der Waals surface area (Å²) in [6, 6.07) is 14.3. The smallest absolute Gasteiger partial charge is 0.123 e. The van der Waals surface area contributed by atoms with Crippen molar-refractivity contribution in [2.45, 2.75) is 38.3 Å². The Kier molecular flexibility index (Phi) is 7.56. The monoisotopic (exact) mass is 482 g/mol. The van der Waals surface area contributed by atoms with Crippen molar-refractivity contribution in [3.63, 3.8) is 0 Å². The Morgan fingerprint density at radius 3 is 2.65 bits per heavy atom. The second-order valence-electron chi connectivity index (χ2n) is 9.36. The number of aliphatic hydroxyl groups excluding tert-OH is 1. The van der Waals surface area contributed by atoms with E-state index in [-0.39, 0.29) is 24.3 Å². The van der Waals surface area contributed by atoms with Gasteiger partial charge in [0.15, 0.2) is 0 Å². The molecule has 5 atom stereocenters. The number of halogens is 2. The highest BCUT2D eigenvalue weighted by Crippen LogP contribution is 2.43. The third-order valence-corrected chi connectivity index (χ3v) is 7.53. The van der Waals surface area contributed by atoms with Crippen molar-refractivity contribution in [2.75, 3.05) is 20.2 Å². The minimum Gasteiger partial charge on any atom is -0.497 e. The van der Waals surface area contributed by atoms with Gasteiger partial charge in [0.05, 0.1) is 24.4 Å². The van der Waals surface area contributed by atoms with E-state index in [0.717, 1.165) is 58.9 Å². The number of aliphatic hydroxyl groups is 1. The summed E-state index contributed by atoms with van der Waals surface area (Å²) < 4.78 is 18.7. The van der Waals surface area contributed by atoms with Gasteiger partial charge in [0, 0.05) is 18.0 Å². The van der Waals surface area contributed by atoms with Crippen LogP contribution < -0.4 is 4.74 Å². The normalized spacial score (nSPS) is 24.8. The molecule has 3 aliphatic rings. The number of ether oxygens (including phenoxy) is 1. The molecule has 3 fully saturated rings. The van der Waals surface area contributed by atoms with Crippen molar-refractivity contribution in [1.29, 1.82) is 0 Å². The topological polar surface area (TPSA) is 45.6 Å². The summed E-state index contributed by atoms with van der Waals surface area (Å²) in [5.74, 6) is 1.94. The first-order valence-electron chi connectivity index (χ1n) is 11.9. The van der Waals surface area contributed by atoms with Gasteiger partial charge in [-0.1, -0.05) is 31.6 Å². The van der Waals surface area contributed by atoms with Crippen LogP contribution in [0.4, 0.5) is 4.39 Å². The fourth-order valence-electron chi connectivity index (χ4n) is 5.64. The third kappa shape index (κ3) is 4.83. The first-order chi connectivity index (χ1) is 16.1. The second kappa shape index (κ2) is 10.4. The Morgan fingerprint density at radius 2 is 1.97 bits per heavy atom. The molecule has 1 unspecified atom stereocenters. The van der Waals surface area contributed by atoms with Crippen LogP contribution in [0.25, 0.3) is 23.1 Å². The summed E-state index contributed by atoms with van der Waals surface area (Å²) in [5, 5.41) is 12.6. The van der Waals surface area contributed by atoms with Crippen LogP contribution in [0.3, 0.4) is 0 Å². The number of benzene rings is 2. The maximum atomic E-state index is 13.2. The van der Waals surface area contributed by atoms with E-state index in [0.29, 0.717) is 5.92 Å². The molecule has 34 heavy (non-hydrogen) atoms. The van der Waals surface area contributed by atoms with Gasteiger partial charge in [-0.3, -0.25) is 4.90 Å². The van der Waals surface area contributed by atoms with Gasteiger partial charge in [0.25, 0.3) is 0 Å². The Hall–Kier alpha value is -2.47. The van der Waals surface area contributed by atoms with Crippen LogP contribution in [0.2, 0.25) is 0 Å². The number of nitrogens with zero attached hydrogens (tertiary/aromatic N) is 2. The summed E-state index contributed by atoms with van der Waals surface area (Å²) in [4.78, 5) is 7.29. The Bertz CT molecular complexity index is 1170. The molecule has 2 aromatic carbocycles. The molecule has 0 radical (unpaired) electrons. The first-order valence-corrected chi connectivity index (χ1v) is 11.9. The second-order valence-corrected chi connectivity index (χ2v) is 9.36. The summed E-state index contributed by atoms with van der Waals surface area (Å²) in [5.41, 5.74) is 3.39. The Labute approximate surface area is 206 Å².